The number of hydrogen-bond donors (Lipinski definition) is 4. The molecule has 2 atom stereocenters. The summed E-state index contributed by atoms with van der Waals surface area (Å²) in [5.41, 5.74) is 0. The summed E-state index contributed by atoms with van der Waals surface area (Å²) in [6, 6.07) is -0.982. The van der Waals surface area contributed by atoms with Crippen LogP contribution in [-0.4, -0.2) is 47.8 Å². The fraction of sp³-hybridized carbons (Fsp3) is 0.818. The van der Waals surface area contributed by atoms with E-state index in [-0.39, 0.29) is 24.9 Å². The Kier molecular flexibility index (Phi) is 5.93. The van der Waals surface area contributed by atoms with Gasteiger partial charge in [-0.05, 0) is 31.8 Å². The number of carboxylic acids is 1. The van der Waals surface area contributed by atoms with Gasteiger partial charge in [0.2, 0.25) is 5.91 Å². The molecule has 98 valence electrons. The van der Waals surface area contributed by atoms with Crippen molar-refractivity contribution in [3.05, 3.63) is 0 Å². The Balaban J connectivity index is 2.33. The van der Waals surface area contributed by atoms with Crippen LogP contribution in [0.3, 0.4) is 0 Å². The van der Waals surface area contributed by atoms with Crippen LogP contribution in [-0.2, 0) is 9.59 Å². The third-order valence-electron chi connectivity index (χ3n) is 2.92. The van der Waals surface area contributed by atoms with Crippen molar-refractivity contribution < 1.29 is 19.8 Å². The van der Waals surface area contributed by atoms with E-state index in [4.69, 9.17) is 10.2 Å². The van der Waals surface area contributed by atoms with Crippen LogP contribution in [0.2, 0.25) is 0 Å². The molecule has 6 heteroatoms. The zero-order chi connectivity index (χ0) is 12.7. The molecular formula is C11H20N2O4. The van der Waals surface area contributed by atoms with Gasteiger partial charge in [-0.25, -0.2) is 4.79 Å². The Morgan fingerprint density at radius 1 is 1.47 bits per heavy atom. The molecule has 1 aliphatic heterocycles. The van der Waals surface area contributed by atoms with Crippen LogP contribution in [0.25, 0.3) is 0 Å². The van der Waals surface area contributed by atoms with Crippen molar-refractivity contribution in [3.63, 3.8) is 0 Å². The van der Waals surface area contributed by atoms with E-state index < -0.39 is 12.0 Å². The number of aliphatic hydroxyl groups is 1. The van der Waals surface area contributed by atoms with Crippen molar-refractivity contribution in [2.24, 2.45) is 5.92 Å². The van der Waals surface area contributed by atoms with Gasteiger partial charge in [0.15, 0.2) is 0 Å². The van der Waals surface area contributed by atoms with Gasteiger partial charge >= 0.3 is 5.97 Å². The van der Waals surface area contributed by atoms with Crippen molar-refractivity contribution >= 4 is 11.9 Å². The van der Waals surface area contributed by atoms with Gasteiger partial charge in [-0.2, -0.15) is 0 Å². The van der Waals surface area contributed by atoms with Crippen molar-refractivity contribution in [1.82, 2.24) is 10.6 Å². The number of nitrogens with one attached hydrogen (secondary N) is 2. The van der Waals surface area contributed by atoms with Crippen molar-refractivity contribution in [2.75, 3.05) is 19.7 Å². The number of carboxylic acid groups (broad SMARTS) is 1. The normalized spacial score (nSPS) is 21.8. The Labute approximate surface area is 100 Å². The molecule has 0 spiro atoms. The smallest absolute Gasteiger partial charge is 0.326 e. The van der Waals surface area contributed by atoms with Crippen molar-refractivity contribution in [2.45, 2.75) is 31.7 Å². The Morgan fingerprint density at radius 2 is 2.24 bits per heavy atom. The maximum atomic E-state index is 11.6. The standard InChI is InChI=1S/C11H20N2O4/c14-5-3-9(11(16)17)13-10(15)6-8-2-1-4-12-7-8/h8-9,12,14H,1-7H2,(H,13,15)(H,16,17)/t8?,9-/m0/s1. The SMILES string of the molecule is O=C(CC1CCCNC1)N[C@@H](CCO)C(=O)O. The number of rotatable bonds is 6. The number of aliphatic carboxylic acids is 1. The minimum atomic E-state index is -1.10. The van der Waals surface area contributed by atoms with Crippen molar-refractivity contribution in [3.8, 4) is 0 Å². The van der Waals surface area contributed by atoms with E-state index in [0.29, 0.717) is 6.42 Å². The van der Waals surface area contributed by atoms with Crippen LogP contribution in [0.1, 0.15) is 25.7 Å². The highest BCUT2D eigenvalue weighted by molar-refractivity contribution is 5.83. The first-order chi connectivity index (χ1) is 8.13. The summed E-state index contributed by atoms with van der Waals surface area (Å²) >= 11 is 0. The summed E-state index contributed by atoms with van der Waals surface area (Å²) in [4.78, 5) is 22.4. The van der Waals surface area contributed by atoms with Crippen LogP contribution in [0.15, 0.2) is 0 Å². The van der Waals surface area contributed by atoms with Crippen LogP contribution >= 0.6 is 0 Å². The minimum absolute atomic E-state index is 0.0456. The second-order valence-electron chi connectivity index (χ2n) is 4.39. The van der Waals surface area contributed by atoms with Crippen LogP contribution in [0, 0.1) is 5.92 Å². The first kappa shape index (κ1) is 13.9. The van der Waals surface area contributed by atoms with Gasteiger partial charge in [0.1, 0.15) is 6.04 Å². The molecule has 1 unspecified atom stereocenters. The number of carbonyl (C=O) groups excluding carboxylic acids is 1. The predicted octanol–water partition coefficient (Wildman–Crippen LogP) is -0.672. The Bertz CT molecular complexity index is 264. The van der Waals surface area contributed by atoms with E-state index in [0.717, 1.165) is 25.9 Å². The number of carbonyl (C=O) groups is 2. The highest BCUT2D eigenvalue weighted by Gasteiger charge is 2.22. The van der Waals surface area contributed by atoms with Crippen LogP contribution < -0.4 is 10.6 Å². The highest BCUT2D eigenvalue weighted by atomic mass is 16.4. The van der Waals surface area contributed by atoms with Gasteiger partial charge in [0, 0.05) is 19.4 Å². The van der Waals surface area contributed by atoms with Gasteiger partial charge in [-0.15, -0.1) is 0 Å². The molecule has 0 aliphatic carbocycles. The molecule has 1 saturated heterocycles. The van der Waals surface area contributed by atoms with Gasteiger partial charge < -0.3 is 20.8 Å². The molecule has 1 aliphatic rings. The molecule has 6 nitrogen and oxygen atoms in total. The van der Waals surface area contributed by atoms with Gasteiger partial charge in [0.25, 0.3) is 0 Å². The third kappa shape index (κ3) is 5.14. The van der Waals surface area contributed by atoms with E-state index in [9.17, 15) is 9.59 Å². The molecule has 1 fully saturated rings. The molecule has 17 heavy (non-hydrogen) atoms. The average molecular weight is 244 g/mol. The molecule has 1 amide bonds. The molecule has 1 rings (SSSR count). The van der Waals surface area contributed by atoms with E-state index in [2.05, 4.69) is 10.6 Å². The van der Waals surface area contributed by atoms with Crippen molar-refractivity contribution in [1.29, 1.82) is 0 Å². The molecule has 0 aromatic rings. The largest absolute Gasteiger partial charge is 0.480 e. The topological polar surface area (TPSA) is 98.7 Å². The summed E-state index contributed by atoms with van der Waals surface area (Å²) in [6.07, 6.45) is 2.45. The quantitative estimate of drug-likeness (QED) is 0.496. The van der Waals surface area contributed by atoms with E-state index in [1.807, 2.05) is 0 Å². The number of aliphatic hydroxyl groups excluding tert-OH is 1. The zero-order valence-electron chi connectivity index (χ0n) is 9.82. The monoisotopic (exact) mass is 244 g/mol. The van der Waals surface area contributed by atoms with E-state index >= 15 is 0 Å². The lowest BCUT2D eigenvalue weighted by Gasteiger charge is -2.23. The average Bonchev–Trinajstić information content (AvgIpc) is 2.29. The number of amides is 1. The van der Waals surface area contributed by atoms with E-state index in [1.165, 1.54) is 0 Å². The maximum Gasteiger partial charge on any atom is 0.326 e. The van der Waals surface area contributed by atoms with Gasteiger partial charge in [-0.1, -0.05) is 0 Å². The maximum absolute atomic E-state index is 11.6. The number of hydrogen-bond acceptors (Lipinski definition) is 4. The lowest BCUT2D eigenvalue weighted by atomic mass is 9.96. The second kappa shape index (κ2) is 7.24. The fourth-order valence-electron chi connectivity index (χ4n) is 2.00. The van der Waals surface area contributed by atoms with E-state index in [1.54, 1.807) is 0 Å². The molecule has 0 aromatic carbocycles. The zero-order valence-corrected chi connectivity index (χ0v) is 9.82. The molecule has 1 heterocycles. The summed E-state index contributed by atoms with van der Waals surface area (Å²) in [6.45, 7) is 1.55. The van der Waals surface area contributed by atoms with Crippen LogP contribution in [0.5, 0.6) is 0 Å². The minimum Gasteiger partial charge on any atom is -0.480 e. The van der Waals surface area contributed by atoms with Gasteiger partial charge in [-0.3, -0.25) is 4.79 Å². The van der Waals surface area contributed by atoms with Gasteiger partial charge in [0.05, 0.1) is 0 Å². The molecule has 0 saturated carbocycles. The lowest BCUT2D eigenvalue weighted by molar-refractivity contribution is -0.142. The summed E-state index contributed by atoms with van der Waals surface area (Å²) in [5.74, 6) is -1.07. The molecule has 0 radical (unpaired) electrons. The first-order valence-corrected chi connectivity index (χ1v) is 5.97. The molecule has 0 bridgehead atoms. The lowest BCUT2D eigenvalue weighted by Crippen LogP contribution is -2.43. The summed E-state index contributed by atoms with van der Waals surface area (Å²) < 4.78 is 0. The molecule has 0 aromatic heterocycles. The Morgan fingerprint density at radius 3 is 2.76 bits per heavy atom. The second-order valence-corrected chi connectivity index (χ2v) is 4.39. The summed E-state index contributed by atoms with van der Waals surface area (Å²) in [5, 5.41) is 23.2. The third-order valence-corrected chi connectivity index (χ3v) is 2.92. The summed E-state index contributed by atoms with van der Waals surface area (Å²) in [7, 11) is 0. The predicted molar refractivity (Wildman–Crippen MR) is 61.5 cm³/mol. The van der Waals surface area contributed by atoms with Crippen LogP contribution in [0.4, 0.5) is 0 Å². The number of piperidine rings is 1. The Hall–Kier alpha value is -1.14. The first-order valence-electron chi connectivity index (χ1n) is 5.97. The fourth-order valence-corrected chi connectivity index (χ4v) is 2.00. The highest BCUT2D eigenvalue weighted by Crippen LogP contribution is 2.13. The molecular weight excluding hydrogens is 224 g/mol. The molecule has 4 N–H and O–H groups in total.